The molecule has 0 spiro atoms. The van der Waals surface area contributed by atoms with Gasteiger partial charge in [0.05, 0.1) is 29.8 Å². The van der Waals surface area contributed by atoms with Gasteiger partial charge in [-0.25, -0.2) is 16.8 Å². The third-order valence-electron chi connectivity index (χ3n) is 5.69. The van der Waals surface area contributed by atoms with E-state index in [4.69, 9.17) is 9.47 Å². The number of sulfone groups is 2. The molecule has 0 amide bonds. The molecule has 1 atom stereocenters. The van der Waals surface area contributed by atoms with Crippen LogP contribution in [-0.4, -0.2) is 36.8 Å². The van der Waals surface area contributed by atoms with E-state index < -0.39 is 30.7 Å². The van der Waals surface area contributed by atoms with E-state index in [2.05, 4.69) is 5.32 Å². The third kappa shape index (κ3) is 4.62. The molecule has 3 aromatic rings. The fourth-order valence-electron chi connectivity index (χ4n) is 4.08. The minimum Gasteiger partial charge on any atom is -0.497 e. The normalized spacial score (nSPS) is 16.8. The molecule has 1 aliphatic heterocycles. The summed E-state index contributed by atoms with van der Waals surface area (Å²) in [5.74, 6) is 0.864. The van der Waals surface area contributed by atoms with E-state index in [-0.39, 0.29) is 9.79 Å². The average Bonchev–Trinajstić information content (AvgIpc) is 3.11. The minimum absolute atomic E-state index is 0.0920. The number of hydrogen-bond acceptors (Lipinski definition) is 7. The molecule has 7 nitrogen and oxygen atoms in total. The van der Waals surface area contributed by atoms with Gasteiger partial charge < -0.3 is 14.8 Å². The summed E-state index contributed by atoms with van der Waals surface area (Å²) in [6.07, 6.45) is 0. The molecule has 0 fully saturated rings. The van der Waals surface area contributed by atoms with Crippen LogP contribution in [0.5, 0.6) is 11.5 Å². The van der Waals surface area contributed by atoms with E-state index in [0.29, 0.717) is 35.7 Å². The van der Waals surface area contributed by atoms with Crippen molar-refractivity contribution in [2.24, 2.45) is 0 Å². The summed E-state index contributed by atoms with van der Waals surface area (Å²) in [6.45, 7) is 0.763. The van der Waals surface area contributed by atoms with Crippen LogP contribution in [0.4, 0.5) is 0 Å². The number of rotatable bonds is 8. The highest BCUT2D eigenvalue weighted by molar-refractivity contribution is 7.96. The van der Waals surface area contributed by atoms with E-state index in [1.54, 1.807) is 50.6 Å². The van der Waals surface area contributed by atoms with Gasteiger partial charge in [0.25, 0.3) is 0 Å². The number of ether oxygens (including phenoxy) is 2. The van der Waals surface area contributed by atoms with Crippen molar-refractivity contribution in [1.82, 2.24) is 5.32 Å². The maximum atomic E-state index is 13.4. The molecule has 1 heterocycles. The standard InChI is InChI=1S/C24H25NO6S2/c1-30-19-11-17(12-20(13-19)31-2)14-25-15-18-7-6-10-22-24(18)23(16-32(22,26)27)33(28,29)21-8-4-3-5-9-21/h3-13,23,25H,14-16H2,1-2H3. The molecular formula is C24H25NO6S2. The highest BCUT2D eigenvalue weighted by Crippen LogP contribution is 2.42. The Morgan fingerprint density at radius 2 is 1.58 bits per heavy atom. The molecule has 1 unspecified atom stereocenters. The Hall–Kier alpha value is -2.88. The zero-order valence-electron chi connectivity index (χ0n) is 18.3. The van der Waals surface area contributed by atoms with E-state index in [9.17, 15) is 16.8 Å². The topological polar surface area (TPSA) is 98.8 Å². The number of benzene rings is 3. The monoisotopic (exact) mass is 487 g/mol. The van der Waals surface area contributed by atoms with Crippen LogP contribution in [0.2, 0.25) is 0 Å². The summed E-state index contributed by atoms with van der Waals surface area (Å²) < 4.78 is 63.0. The van der Waals surface area contributed by atoms with Crippen molar-refractivity contribution in [3.05, 3.63) is 83.4 Å². The first-order valence-electron chi connectivity index (χ1n) is 10.3. The van der Waals surface area contributed by atoms with Crippen molar-refractivity contribution < 1.29 is 26.3 Å². The lowest BCUT2D eigenvalue weighted by Crippen LogP contribution is -2.19. The first kappa shape index (κ1) is 23.3. The van der Waals surface area contributed by atoms with Crippen molar-refractivity contribution >= 4 is 19.7 Å². The molecule has 1 N–H and O–H groups in total. The molecule has 33 heavy (non-hydrogen) atoms. The van der Waals surface area contributed by atoms with Crippen LogP contribution in [0.3, 0.4) is 0 Å². The summed E-state index contributed by atoms with van der Waals surface area (Å²) in [6, 6.07) is 18.4. The van der Waals surface area contributed by atoms with Gasteiger partial charge in [-0.15, -0.1) is 0 Å². The van der Waals surface area contributed by atoms with Crippen LogP contribution in [0, 0.1) is 0 Å². The summed E-state index contributed by atoms with van der Waals surface area (Å²) in [7, 11) is -4.43. The second-order valence-electron chi connectivity index (χ2n) is 7.78. The predicted molar refractivity (Wildman–Crippen MR) is 125 cm³/mol. The largest absolute Gasteiger partial charge is 0.497 e. The Bertz CT molecular complexity index is 1350. The first-order chi connectivity index (χ1) is 15.8. The van der Waals surface area contributed by atoms with Gasteiger partial charge >= 0.3 is 0 Å². The van der Waals surface area contributed by atoms with E-state index in [1.165, 1.54) is 18.2 Å². The van der Waals surface area contributed by atoms with Gasteiger partial charge in [-0.2, -0.15) is 0 Å². The molecule has 0 saturated heterocycles. The van der Waals surface area contributed by atoms with Crippen molar-refractivity contribution in [3.8, 4) is 11.5 Å². The summed E-state index contributed by atoms with van der Waals surface area (Å²) in [5, 5.41) is 2.14. The highest BCUT2D eigenvalue weighted by atomic mass is 32.2. The molecule has 9 heteroatoms. The van der Waals surface area contributed by atoms with Gasteiger partial charge in [0.2, 0.25) is 0 Å². The van der Waals surface area contributed by atoms with Gasteiger partial charge in [-0.05, 0) is 47.0 Å². The second-order valence-corrected chi connectivity index (χ2v) is 11.9. The van der Waals surface area contributed by atoms with E-state index in [0.717, 1.165) is 5.56 Å². The fraction of sp³-hybridized carbons (Fsp3) is 0.250. The predicted octanol–water partition coefficient (Wildman–Crippen LogP) is 3.30. The molecule has 0 radical (unpaired) electrons. The quantitative estimate of drug-likeness (QED) is 0.521. The van der Waals surface area contributed by atoms with Gasteiger partial charge in [0.1, 0.15) is 16.7 Å². The van der Waals surface area contributed by atoms with Gasteiger partial charge in [-0.3, -0.25) is 0 Å². The molecular weight excluding hydrogens is 462 g/mol. The summed E-state index contributed by atoms with van der Waals surface area (Å²) in [4.78, 5) is 0.207. The van der Waals surface area contributed by atoms with Gasteiger partial charge in [0, 0.05) is 19.2 Å². The van der Waals surface area contributed by atoms with Crippen LogP contribution in [0.15, 0.2) is 76.5 Å². The maximum Gasteiger partial charge on any atom is 0.186 e. The van der Waals surface area contributed by atoms with Crippen molar-refractivity contribution in [3.63, 3.8) is 0 Å². The molecule has 4 rings (SSSR count). The Labute approximate surface area is 194 Å². The zero-order chi connectivity index (χ0) is 23.6. The molecule has 0 aromatic heterocycles. The van der Waals surface area contributed by atoms with E-state index in [1.807, 2.05) is 12.1 Å². The Morgan fingerprint density at radius 3 is 2.21 bits per heavy atom. The lowest BCUT2D eigenvalue weighted by molar-refractivity contribution is 0.393. The molecule has 0 aliphatic carbocycles. The zero-order valence-corrected chi connectivity index (χ0v) is 19.9. The van der Waals surface area contributed by atoms with Crippen LogP contribution in [-0.2, 0) is 32.8 Å². The van der Waals surface area contributed by atoms with Gasteiger partial charge in [-0.1, -0.05) is 30.3 Å². The average molecular weight is 488 g/mol. The maximum absolute atomic E-state index is 13.4. The van der Waals surface area contributed by atoms with Crippen LogP contribution in [0.1, 0.15) is 21.9 Å². The Balaban J connectivity index is 1.64. The smallest absolute Gasteiger partial charge is 0.186 e. The first-order valence-corrected chi connectivity index (χ1v) is 13.5. The lowest BCUT2D eigenvalue weighted by atomic mass is 10.0. The van der Waals surface area contributed by atoms with Crippen molar-refractivity contribution in [1.29, 1.82) is 0 Å². The summed E-state index contributed by atoms with van der Waals surface area (Å²) >= 11 is 0. The molecule has 1 aliphatic rings. The third-order valence-corrected chi connectivity index (χ3v) is 9.78. The highest BCUT2D eigenvalue weighted by Gasteiger charge is 2.44. The number of hydrogen-bond donors (Lipinski definition) is 1. The number of fused-ring (bicyclic) bond motifs is 1. The van der Waals surface area contributed by atoms with Crippen molar-refractivity contribution in [2.45, 2.75) is 28.1 Å². The molecule has 0 saturated carbocycles. The van der Waals surface area contributed by atoms with Crippen molar-refractivity contribution in [2.75, 3.05) is 20.0 Å². The minimum atomic E-state index is -3.88. The number of methoxy groups -OCH3 is 2. The Morgan fingerprint density at radius 1 is 0.909 bits per heavy atom. The van der Waals surface area contributed by atoms with Gasteiger partial charge in [0.15, 0.2) is 19.7 Å². The number of nitrogens with one attached hydrogen (secondary N) is 1. The SMILES string of the molecule is COc1cc(CNCc2cccc3c2C(S(=O)(=O)c2ccccc2)CS3(=O)=O)cc(OC)c1. The van der Waals surface area contributed by atoms with E-state index >= 15 is 0 Å². The fourth-order valence-corrected chi connectivity index (χ4v) is 8.50. The lowest BCUT2D eigenvalue weighted by Gasteiger charge is -2.16. The van der Waals surface area contributed by atoms with Crippen LogP contribution in [0.25, 0.3) is 0 Å². The molecule has 174 valence electrons. The van der Waals surface area contributed by atoms with Crippen LogP contribution < -0.4 is 14.8 Å². The Kier molecular flexibility index (Phi) is 6.47. The molecule has 0 bridgehead atoms. The van der Waals surface area contributed by atoms with Crippen LogP contribution >= 0.6 is 0 Å². The second kappa shape index (κ2) is 9.17. The summed E-state index contributed by atoms with van der Waals surface area (Å²) in [5.41, 5.74) is 1.92. The molecule has 3 aromatic carbocycles.